The van der Waals surface area contributed by atoms with Crippen LogP contribution in [0.15, 0.2) is 52.3 Å². The average Bonchev–Trinajstić information content (AvgIpc) is 2.56. The topological polar surface area (TPSA) is 64.5 Å². The number of anilines is 2. The van der Waals surface area contributed by atoms with Crippen molar-refractivity contribution in [1.82, 2.24) is 4.90 Å². The van der Waals surface area contributed by atoms with Crippen LogP contribution in [0.4, 0.5) is 11.4 Å². The van der Waals surface area contributed by atoms with Crippen LogP contribution < -0.4 is 16.2 Å². The van der Waals surface area contributed by atoms with E-state index in [-0.39, 0.29) is 6.10 Å². The van der Waals surface area contributed by atoms with Gasteiger partial charge < -0.3 is 16.2 Å². The Morgan fingerprint density at radius 3 is 2.15 bits per heavy atom. The van der Waals surface area contributed by atoms with Gasteiger partial charge in [0, 0.05) is 28.4 Å². The Labute approximate surface area is 161 Å². The van der Waals surface area contributed by atoms with Crippen LogP contribution in [0, 0.1) is 0 Å². The fourth-order valence-corrected chi connectivity index (χ4v) is 3.86. The van der Waals surface area contributed by atoms with Crippen LogP contribution in [0.2, 0.25) is 0 Å². The van der Waals surface area contributed by atoms with Gasteiger partial charge in [0.05, 0.1) is 11.4 Å². The summed E-state index contributed by atoms with van der Waals surface area (Å²) in [7, 11) is 0. The molecule has 0 aliphatic carbocycles. The van der Waals surface area contributed by atoms with Crippen LogP contribution in [0.1, 0.15) is 34.6 Å². The Bertz CT molecular complexity index is 710. The van der Waals surface area contributed by atoms with Gasteiger partial charge in [0.25, 0.3) is 0 Å². The summed E-state index contributed by atoms with van der Waals surface area (Å²) < 4.78 is 6.17. The minimum Gasteiger partial charge on any atom is -0.489 e. The molecule has 4 nitrogen and oxygen atoms in total. The Morgan fingerprint density at radius 2 is 1.54 bits per heavy atom. The lowest BCUT2D eigenvalue weighted by Crippen LogP contribution is -2.42. The maximum atomic E-state index is 6.17. The molecule has 4 N–H and O–H groups in total. The molecule has 0 radical (unpaired) electrons. The number of hydrogen-bond donors (Lipinski definition) is 2. The third-order valence-electron chi connectivity index (χ3n) is 4.23. The summed E-state index contributed by atoms with van der Waals surface area (Å²) in [5.41, 5.74) is 12.9. The number of rotatable bonds is 8. The molecule has 0 aromatic heterocycles. The third kappa shape index (κ3) is 5.85. The van der Waals surface area contributed by atoms with E-state index in [0.29, 0.717) is 23.5 Å². The van der Waals surface area contributed by atoms with Crippen molar-refractivity contribution >= 4 is 23.1 Å². The minimum atomic E-state index is 0.118. The summed E-state index contributed by atoms with van der Waals surface area (Å²) in [6, 6.07) is 14.9. The summed E-state index contributed by atoms with van der Waals surface area (Å²) in [5.74, 6) is 0.887. The smallest absolute Gasteiger partial charge is 0.120 e. The fourth-order valence-electron chi connectivity index (χ4n) is 2.95. The second kappa shape index (κ2) is 9.19. The molecule has 0 bridgehead atoms. The molecule has 2 rings (SSSR count). The normalized spacial score (nSPS) is 12.8. The number of ether oxygens (including phenoxy) is 1. The molecule has 2 aromatic rings. The van der Waals surface area contributed by atoms with Gasteiger partial charge in [0.1, 0.15) is 11.9 Å². The molecular formula is C21H31N3OS. The molecule has 0 aliphatic rings. The fraction of sp³-hybridized carbons (Fsp3) is 0.429. The van der Waals surface area contributed by atoms with Crippen LogP contribution in [-0.2, 0) is 0 Å². The van der Waals surface area contributed by atoms with E-state index in [1.165, 1.54) is 0 Å². The lowest BCUT2D eigenvalue weighted by molar-refractivity contribution is 0.0994. The molecule has 1 atom stereocenters. The van der Waals surface area contributed by atoms with Crippen molar-refractivity contribution in [2.45, 2.75) is 62.6 Å². The van der Waals surface area contributed by atoms with Crippen LogP contribution >= 0.6 is 11.8 Å². The lowest BCUT2D eigenvalue weighted by Gasteiger charge is -2.32. The van der Waals surface area contributed by atoms with Gasteiger partial charge in [-0.2, -0.15) is 0 Å². The Kier molecular flexibility index (Phi) is 7.23. The lowest BCUT2D eigenvalue weighted by atomic mass is 10.2. The van der Waals surface area contributed by atoms with E-state index in [1.807, 2.05) is 30.3 Å². The largest absolute Gasteiger partial charge is 0.489 e. The van der Waals surface area contributed by atoms with Crippen molar-refractivity contribution in [2.75, 3.05) is 18.0 Å². The van der Waals surface area contributed by atoms with E-state index in [2.05, 4.69) is 51.7 Å². The van der Waals surface area contributed by atoms with Crippen molar-refractivity contribution in [3.8, 4) is 5.75 Å². The van der Waals surface area contributed by atoms with Gasteiger partial charge in [-0.1, -0.05) is 17.8 Å². The zero-order valence-electron chi connectivity index (χ0n) is 16.4. The number of benzene rings is 2. The van der Waals surface area contributed by atoms with E-state index in [9.17, 15) is 0 Å². The first-order valence-corrected chi connectivity index (χ1v) is 9.93. The van der Waals surface area contributed by atoms with Gasteiger partial charge in [0.15, 0.2) is 0 Å². The van der Waals surface area contributed by atoms with Gasteiger partial charge in [-0.15, -0.1) is 0 Å². The van der Waals surface area contributed by atoms with Gasteiger partial charge >= 0.3 is 0 Å². The summed E-state index contributed by atoms with van der Waals surface area (Å²) in [6.07, 6.45) is 0.118. The van der Waals surface area contributed by atoms with Crippen LogP contribution in [0.3, 0.4) is 0 Å². The Hall–Kier alpha value is -1.85. The highest BCUT2D eigenvalue weighted by atomic mass is 32.2. The van der Waals surface area contributed by atoms with Crippen molar-refractivity contribution in [2.24, 2.45) is 0 Å². The number of hydrogen-bond acceptors (Lipinski definition) is 5. The molecule has 0 spiro atoms. The molecule has 5 heteroatoms. The van der Waals surface area contributed by atoms with Gasteiger partial charge in [-0.05, 0) is 71.0 Å². The van der Waals surface area contributed by atoms with Crippen LogP contribution in [-0.4, -0.2) is 29.6 Å². The van der Waals surface area contributed by atoms with Crippen molar-refractivity contribution < 1.29 is 4.74 Å². The summed E-state index contributed by atoms with van der Waals surface area (Å²) in [6.45, 7) is 11.9. The molecule has 2 aromatic carbocycles. The highest BCUT2D eigenvalue weighted by Gasteiger charge is 2.17. The monoisotopic (exact) mass is 373 g/mol. The average molecular weight is 374 g/mol. The summed E-state index contributed by atoms with van der Waals surface area (Å²) in [4.78, 5) is 4.62. The van der Waals surface area contributed by atoms with Crippen molar-refractivity contribution in [1.29, 1.82) is 0 Å². The molecule has 26 heavy (non-hydrogen) atoms. The molecular weight excluding hydrogens is 342 g/mol. The zero-order chi connectivity index (χ0) is 19.3. The SMILES string of the molecule is CC(CN(C(C)C)C(C)C)Oc1cccc(Sc2ccc(N)c(N)c2)c1. The first-order chi connectivity index (χ1) is 12.3. The predicted octanol–water partition coefficient (Wildman–Crippen LogP) is 4.89. The highest BCUT2D eigenvalue weighted by Crippen LogP contribution is 2.32. The molecule has 0 saturated heterocycles. The van der Waals surface area contributed by atoms with E-state index in [0.717, 1.165) is 22.1 Å². The van der Waals surface area contributed by atoms with Gasteiger partial charge in [-0.25, -0.2) is 0 Å². The van der Waals surface area contributed by atoms with Crippen molar-refractivity contribution in [3.63, 3.8) is 0 Å². The number of nitrogens with zero attached hydrogens (tertiary/aromatic N) is 1. The summed E-state index contributed by atoms with van der Waals surface area (Å²) >= 11 is 1.65. The third-order valence-corrected chi connectivity index (χ3v) is 5.21. The Balaban J connectivity index is 2.03. The number of nitrogen functional groups attached to an aromatic ring is 2. The van der Waals surface area contributed by atoms with Crippen LogP contribution in [0.25, 0.3) is 0 Å². The summed E-state index contributed by atoms with van der Waals surface area (Å²) in [5, 5.41) is 0. The quantitative estimate of drug-likeness (QED) is 0.645. The van der Waals surface area contributed by atoms with E-state index in [1.54, 1.807) is 11.8 Å². The molecule has 142 valence electrons. The molecule has 0 heterocycles. The maximum Gasteiger partial charge on any atom is 0.120 e. The van der Waals surface area contributed by atoms with Gasteiger partial charge in [-0.3, -0.25) is 4.90 Å². The first kappa shape index (κ1) is 20.5. The van der Waals surface area contributed by atoms with Gasteiger partial charge in [0.2, 0.25) is 0 Å². The second-order valence-corrected chi connectivity index (χ2v) is 8.33. The zero-order valence-corrected chi connectivity index (χ0v) is 17.2. The maximum absolute atomic E-state index is 6.17. The Morgan fingerprint density at radius 1 is 0.885 bits per heavy atom. The molecule has 1 unspecified atom stereocenters. The molecule has 0 fully saturated rings. The highest BCUT2D eigenvalue weighted by molar-refractivity contribution is 7.99. The van der Waals surface area contributed by atoms with E-state index < -0.39 is 0 Å². The van der Waals surface area contributed by atoms with E-state index in [4.69, 9.17) is 16.2 Å². The van der Waals surface area contributed by atoms with Crippen molar-refractivity contribution in [3.05, 3.63) is 42.5 Å². The molecule has 0 aliphatic heterocycles. The predicted molar refractivity (Wildman–Crippen MR) is 113 cm³/mol. The van der Waals surface area contributed by atoms with E-state index >= 15 is 0 Å². The second-order valence-electron chi connectivity index (χ2n) is 7.18. The number of nitrogens with two attached hydrogens (primary N) is 2. The molecule has 0 amide bonds. The molecule has 0 saturated carbocycles. The first-order valence-electron chi connectivity index (χ1n) is 9.11. The standard InChI is InChI=1S/C21H31N3OS/c1-14(2)24(15(3)4)13-16(5)25-17-7-6-8-18(11-17)26-19-9-10-20(22)21(23)12-19/h6-12,14-16H,13,22-23H2,1-5H3. The minimum absolute atomic E-state index is 0.118. The van der Waals surface area contributed by atoms with Crippen LogP contribution in [0.5, 0.6) is 5.75 Å².